The number of allylic oxidation sites excluding steroid dienone is 7. The van der Waals surface area contributed by atoms with Gasteiger partial charge in [0.05, 0.1) is 0 Å². The first-order valence-electron chi connectivity index (χ1n) is 12.5. The van der Waals surface area contributed by atoms with Gasteiger partial charge in [-0.05, 0) is 64.9 Å². The standard InChI is InChI=1S/C27H34.C6H6O/c1-26(2,3)24-17-21(18-25(19-24)27(4,5)6)16-20-12-14-23(15-13-20)22-10-8-7-9-11-22;7-6-4-2-1-3-5-6/h7-16,19,24H,17-18H2,1-6H3;2-5H,1H2. The Morgan fingerprint density at radius 2 is 1.38 bits per heavy atom. The quantitative estimate of drug-likeness (QED) is 0.415. The zero-order valence-corrected chi connectivity index (χ0v) is 21.8. The third-order valence-electron chi connectivity index (χ3n) is 6.60. The Balaban J connectivity index is 0.000000396. The fourth-order valence-electron chi connectivity index (χ4n) is 4.28. The molecule has 4 rings (SSSR count). The Hall–Kier alpha value is -2.93. The molecule has 2 aliphatic rings. The van der Waals surface area contributed by atoms with Gasteiger partial charge in [0.2, 0.25) is 0 Å². The van der Waals surface area contributed by atoms with Crippen LogP contribution < -0.4 is 0 Å². The van der Waals surface area contributed by atoms with E-state index in [-0.39, 0.29) is 11.2 Å². The van der Waals surface area contributed by atoms with Crippen LogP contribution in [0.2, 0.25) is 0 Å². The average Bonchev–Trinajstić information content (AvgIpc) is 2.80. The minimum absolute atomic E-state index is 0.103. The van der Waals surface area contributed by atoms with Crippen molar-refractivity contribution in [2.75, 3.05) is 0 Å². The number of rotatable bonds is 2. The third kappa shape index (κ3) is 7.55. The van der Waals surface area contributed by atoms with Crippen LogP contribution in [0.3, 0.4) is 0 Å². The molecule has 0 saturated heterocycles. The molecule has 1 nitrogen and oxygen atoms in total. The molecule has 2 aromatic carbocycles. The predicted molar refractivity (Wildman–Crippen MR) is 147 cm³/mol. The summed E-state index contributed by atoms with van der Waals surface area (Å²) in [6, 6.07) is 19.6. The van der Waals surface area contributed by atoms with Gasteiger partial charge in [0.15, 0.2) is 5.78 Å². The highest BCUT2D eigenvalue weighted by molar-refractivity contribution is 5.99. The minimum atomic E-state index is 0.103. The number of hydrogen-bond donors (Lipinski definition) is 0. The van der Waals surface area contributed by atoms with Crippen molar-refractivity contribution in [2.24, 2.45) is 16.7 Å². The molecule has 0 spiro atoms. The Morgan fingerprint density at radius 3 is 1.88 bits per heavy atom. The van der Waals surface area contributed by atoms with Gasteiger partial charge in [-0.25, -0.2) is 0 Å². The molecule has 0 aliphatic heterocycles. The molecule has 1 atom stereocenters. The van der Waals surface area contributed by atoms with E-state index in [0.717, 1.165) is 12.8 Å². The van der Waals surface area contributed by atoms with E-state index in [4.69, 9.17) is 0 Å². The van der Waals surface area contributed by atoms with E-state index < -0.39 is 0 Å². The van der Waals surface area contributed by atoms with Crippen molar-refractivity contribution in [1.29, 1.82) is 0 Å². The Kier molecular flexibility index (Phi) is 8.31. The maximum atomic E-state index is 10.3. The molecule has 0 fully saturated rings. The van der Waals surface area contributed by atoms with Gasteiger partial charge in [-0.1, -0.05) is 132 Å². The summed E-state index contributed by atoms with van der Waals surface area (Å²) < 4.78 is 0. The Morgan fingerprint density at radius 1 is 0.794 bits per heavy atom. The van der Waals surface area contributed by atoms with E-state index in [9.17, 15) is 4.79 Å². The number of carbonyl (C=O) groups excluding carboxylic acids is 1. The molecule has 0 saturated carbocycles. The smallest absolute Gasteiger partial charge is 0.178 e. The third-order valence-corrected chi connectivity index (χ3v) is 6.60. The molecule has 0 amide bonds. The molecule has 2 aromatic rings. The lowest BCUT2D eigenvalue weighted by Crippen LogP contribution is -2.25. The summed E-state index contributed by atoms with van der Waals surface area (Å²) in [4.78, 5) is 10.3. The van der Waals surface area contributed by atoms with Crippen molar-refractivity contribution in [2.45, 2.75) is 60.8 Å². The van der Waals surface area contributed by atoms with Gasteiger partial charge in [-0.2, -0.15) is 0 Å². The Labute approximate surface area is 207 Å². The molecule has 1 unspecified atom stereocenters. The van der Waals surface area contributed by atoms with Crippen LogP contribution in [0.4, 0.5) is 0 Å². The van der Waals surface area contributed by atoms with Crippen molar-refractivity contribution in [3.05, 3.63) is 102 Å². The van der Waals surface area contributed by atoms with Crippen LogP contribution in [0.5, 0.6) is 0 Å². The lowest BCUT2D eigenvalue weighted by molar-refractivity contribution is -0.110. The number of carbonyl (C=O) groups is 1. The highest BCUT2D eigenvalue weighted by atomic mass is 16.1. The maximum absolute atomic E-state index is 10.3. The molecule has 0 heterocycles. The van der Waals surface area contributed by atoms with Crippen LogP contribution in [0.1, 0.15) is 66.4 Å². The van der Waals surface area contributed by atoms with Gasteiger partial charge in [0, 0.05) is 0 Å². The zero-order valence-electron chi connectivity index (χ0n) is 21.8. The topological polar surface area (TPSA) is 17.1 Å². The van der Waals surface area contributed by atoms with E-state index in [1.807, 2.05) is 12.2 Å². The molecular weight excluding hydrogens is 412 g/mol. The Bertz CT molecular complexity index is 1060. The molecule has 2 aliphatic carbocycles. The van der Waals surface area contributed by atoms with E-state index >= 15 is 0 Å². The monoisotopic (exact) mass is 452 g/mol. The first-order chi connectivity index (χ1) is 16.0. The SMILES string of the molecule is CC(C)(C)C1=CC(C(C)(C)C)CC(=Cc2ccc(-c3ccccc3)cc2)C1.O=C1C=CCC=C1. The second-order valence-corrected chi connectivity index (χ2v) is 11.5. The van der Waals surface area contributed by atoms with Crippen LogP contribution >= 0.6 is 0 Å². The fraction of sp³-hybridized carbons (Fsp3) is 0.364. The molecule has 0 aromatic heterocycles. The van der Waals surface area contributed by atoms with Gasteiger partial charge < -0.3 is 0 Å². The number of ketones is 1. The van der Waals surface area contributed by atoms with Gasteiger partial charge in [0.25, 0.3) is 0 Å². The van der Waals surface area contributed by atoms with Gasteiger partial charge in [-0.3, -0.25) is 4.79 Å². The van der Waals surface area contributed by atoms with Crippen LogP contribution in [-0.4, -0.2) is 5.78 Å². The van der Waals surface area contributed by atoms with Crippen molar-refractivity contribution in [1.82, 2.24) is 0 Å². The fourth-order valence-corrected chi connectivity index (χ4v) is 4.28. The summed E-state index contributed by atoms with van der Waals surface area (Å²) >= 11 is 0. The molecule has 0 N–H and O–H groups in total. The van der Waals surface area contributed by atoms with Crippen molar-refractivity contribution in [3.63, 3.8) is 0 Å². The summed E-state index contributed by atoms with van der Waals surface area (Å²) in [7, 11) is 0. The zero-order chi connectivity index (χ0) is 24.8. The van der Waals surface area contributed by atoms with E-state index in [1.54, 1.807) is 23.3 Å². The summed E-state index contributed by atoms with van der Waals surface area (Å²) in [5, 5.41) is 0. The predicted octanol–water partition coefficient (Wildman–Crippen LogP) is 9.24. The lowest BCUT2D eigenvalue weighted by atomic mass is 9.68. The van der Waals surface area contributed by atoms with Crippen molar-refractivity contribution >= 4 is 11.9 Å². The second-order valence-electron chi connectivity index (χ2n) is 11.5. The largest absolute Gasteiger partial charge is 0.290 e. The first kappa shape index (κ1) is 25.7. The van der Waals surface area contributed by atoms with Gasteiger partial charge in [0.1, 0.15) is 0 Å². The molecule has 34 heavy (non-hydrogen) atoms. The average molecular weight is 453 g/mol. The number of hydrogen-bond acceptors (Lipinski definition) is 1. The summed E-state index contributed by atoms with van der Waals surface area (Å²) in [6.45, 7) is 14.1. The summed E-state index contributed by atoms with van der Waals surface area (Å²) in [5.74, 6) is 0.710. The second kappa shape index (κ2) is 11.0. The van der Waals surface area contributed by atoms with E-state index in [2.05, 4.69) is 108 Å². The highest BCUT2D eigenvalue weighted by Crippen LogP contribution is 2.44. The first-order valence-corrected chi connectivity index (χ1v) is 12.5. The summed E-state index contributed by atoms with van der Waals surface area (Å²) in [5.41, 5.74) is 7.56. The summed E-state index contributed by atoms with van der Waals surface area (Å²) in [6.07, 6.45) is 15.0. The maximum Gasteiger partial charge on any atom is 0.178 e. The lowest BCUT2D eigenvalue weighted by Gasteiger charge is -2.37. The van der Waals surface area contributed by atoms with Gasteiger partial charge in [-0.15, -0.1) is 0 Å². The van der Waals surface area contributed by atoms with Crippen LogP contribution in [0.25, 0.3) is 17.2 Å². The molecule has 1 heteroatoms. The minimum Gasteiger partial charge on any atom is -0.290 e. The van der Waals surface area contributed by atoms with Crippen LogP contribution in [-0.2, 0) is 4.79 Å². The molecule has 0 bridgehead atoms. The number of benzene rings is 2. The van der Waals surface area contributed by atoms with E-state index in [0.29, 0.717) is 11.3 Å². The molecule has 178 valence electrons. The van der Waals surface area contributed by atoms with Crippen molar-refractivity contribution in [3.8, 4) is 11.1 Å². The van der Waals surface area contributed by atoms with Crippen LogP contribution in [0.15, 0.2) is 96.1 Å². The molecule has 0 radical (unpaired) electrons. The van der Waals surface area contributed by atoms with Gasteiger partial charge >= 0.3 is 0 Å². The van der Waals surface area contributed by atoms with E-state index in [1.165, 1.54) is 23.1 Å². The highest BCUT2D eigenvalue weighted by Gasteiger charge is 2.30. The van der Waals surface area contributed by atoms with Crippen LogP contribution in [0, 0.1) is 16.7 Å². The molecular formula is C33H40O. The normalized spacial score (nSPS) is 19.5. The van der Waals surface area contributed by atoms with Crippen molar-refractivity contribution < 1.29 is 4.79 Å².